The van der Waals surface area contributed by atoms with Crippen LogP contribution in [-0.4, -0.2) is 37.2 Å². The molecule has 1 aliphatic heterocycles. The lowest BCUT2D eigenvalue weighted by atomic mass is 9.99. The van der Waals surface area contributed by atoms with Crippen molar-refractivity contribution in [3.63, 3.8) is 0 Å². The third-order valence-electron chi connectivity index (χ3n) is 3.85. The summed E-state index contributed by atoms with van der Waals surface area (Å²) in [6.07, 6.45) is -0.206. The van der Waals surface area contributed by atoms with Crippen LogP contribution in [0.1, 0.15) is 34.8 Å². The summed E-state index contributed by atoms with van der Waals surface area (Å²) >= 11 is 6.09. The van der Waals surface area contributed by atoms with Crippen LogP contribution in [0.4, 0.5) is 0 Å². The van der Waals surface area contributed by atoms with E-state index >= 15 is 0 Å². The van der Waals surface area contributed by atoms with Gasteiger partial charge in [0.25, 0.3) is 0 Å². The normalized spacial score (nSPS) is 15.6. The first-order valence-corrected chi connectivity index (χ1v) is 8.25. The van der Waals surface area contributed by atoms with E-state index in [0.29, 0.717) is 35.8 Å². The summed E-state index contributed by atoms with van der Waals surface area (Å²) in [6, 6.07) is 8.46. The molecular weight excluding hydrogens is 360 g/mol. The summed E-state index contributed by atoms with van der Waals surface area (Å²) < 4.78 is 21.5. The molecule has 0 radical (unpaired) electrons. The zero-order valence-electron chi connectivity index (χ0n) is 14.0. The summed E-state index contributed by atoms with van der Waals surface area (Å²) in [4.78, 5) is 4.29. The van der Waals surface area contributed by atoms with Crippen molar-refractivity contribution in [1.82, 2.24) is 4.98 Å². The number of ether oxygens (including phenoxy) is 4. The maximum Gasteiger partial charge on any atom is 0.188 e. The van der Waals surface area contributed by atoms with E-state index in [1.165, 1.54) is 19.2 Å². The van der Waals surface area contributed by atoms with Gasteiger partial charge in [-0.1, -0.05) is 17.7 Å². The molecule has 7 nitrogen and oxygen atoms in total. The van der Waals surface area contributed by atoms with Crippen LogP contribution in [0.5, 0.6) is 5.75 Å². The van der Waals surface area contributed by atoms with Gasteiger partial charge >= 0.3 is 0 Å². The van der Waals surface area contributed by atoms with Crippen molar-refractivity contribution in [3.8, 4) is 11.8 Å². The Kier molecular flexibility index (Phi) is 6.04. The molecule has 0 aliphatic carbocycles. The summed E-state index contributed by atoms with van der Waals surface area (Å²) in [5.41, 5.74) is 1.54. The fourth-order valence-electron chi connectivity index (χ4n) is 2.66. The standard InChI is InChI=1S/C18H17ClN2O5/c1-23-10-26-15-8-14(19)11(9-20)7-13(15)17(22)16-12(3-2-4-21-16)18-24-5-6-25-18/h2-4,7-8,17-18,22H,5-6,10H2,1H3. The molecule has 3 rings (SSSR count). The average molecular weight is 377 g/mol. The van der Waals surface area contributed by atoms with Crippen molar-refractivity contribution in [2.45, 2.75) is 12.4 Å². The Bertz CT molecular complexity index is 818. The van der Waals surface area contributed by atoms with Crippen molar-refractivity contribution in [2.24, 2.45) is 0 Å². The number of hydrogen-bond donors (Lipinski definition) is 1. The lowest BCUT2D eigenvalue weighted by molar-refractivity contribution is -0.0461. The molecule has 0 saturated carbocycles. The van der Waals surface area contributed by atoms with E-state index in [1.807, 2.05) is 6.07 Å². The van der Waals surface area contributed by atoms with Crippen molar-refractivity contribution >= 4 is 11.6 Å². The van der Waals surface area contributed by atoms with E-state index in [0.717, 1.165) is 0 Å². The Labute approximate surface area is 155 Å². The number of aliphatic hydroxyl groups is 1. The number of methoxy groups -OCH3 is 1. The monoisotopic (exact) mass is 376 g/mol. The van der Waals surface area contributed by atoms with Crippen molar-refractivity contribution in [3.05, 3.63) is 57.9 Å². The molecule has 1 unspecified atom stereocenters. The summed E-state index contributed by atoms with van der Waals surface area (Å²) in [5, 5.41) is 20.4. The Morgan fingerprint density at radius 2 is 2.19 bits per heavy atom. The number of halogens is 1. The Morgan fingerprint density at radius 1 is 1.42 bits per heavy atom. The lowest BCUT2D eigenvalue weighted by Gasteiger charge is -2.20. The highest BCUT2D eigenvalue weighted by Crippen LogP contribution is 2.37. The first-order chi connectivity index (χ1) is 12.7. The van der Waals surface area contributed by atoms with Gasteiger partial charge in [-0.2, -0.15) is 5.26 Å². The molecule has 1 atom stereocenters. The Morgan fingerprint density at radius 3 is 2.88 bits per heavy atom. The zero-order chi connectivity index (χ0) is 18.5. The number of nitrogens with zero attached hydrogens (tertiary/aromatic N) is 2. The van der Waals surface area contributed by atoms with Crippen LogP contribution in [0.3, 0.4) is 0 Å². The smallest absolute Gasteiger partial charge is 0.188 e. The van der Waals surface area contributed by atoms with Crippen LogP contribution in [0.25, 0.3) is 0 Å². The van der Waals surface area contributed by atoms with Crippen molar-refractivity contribution in [1.29, 1.82) is 5.26 Å². The maximum absolute atomic E-state index is 11.0. The Balaban J connectivity index is 2.04. The largest absolute Gasteiger partial charge is 0.467 e. The summed E-state index contributed by atoms with van der Waals surface area (Å²) in [7, 11) is 1.48. The van der Waals surface area contributed by atoms with E-state index in [4.69, 9.17) is 30.5 Å². The number of nitriles is 1. The highest BCUT2D eigenvalue weighted by atomic mass is 35.5. The minimum atomic E-state index is -1.17. The number of benzene rings is 1. The second kappa shape index (κ2) is 8.45. The van der Waals surface area contributed by atoms with Crippen LogP contribution >= 0.6 is 11.6 Å². The number of rotatable bonds is 6. The fraction of sp³-hybridized carbons (Fsp3) is 0.333. The number of aromatic nitrogens is 1. The molecule has 8 heteroatoms. The van der Waals surface area contributed by atoms with Crippen LogP contribution in [0.15, 0.2) is 30.5 Å². The van der Waals surface area contributed by atoms with E-state index in [1.54, 1.807) is 18.3 Å². The predicted molar refractivity (Wildman–Crippen MR) is 91.6 cm³/mol. The second-order valence-electron chi connectivity index (χ2n) is 5.49. The third kappa shape index (κ3) is 3.80. The Hall–Kier alpha value is -2.21. The molecule has 1 aromatic carbocycles. The van der Waals surface area contributed by atoms with Crippen LogP contribution < -0.4 is 4.74 Å². The topological polar surface area (TPSA) is 93.8 Å². The van der Waals surface area contributed by atoms with Gasteiger partial charge < -0.3 is 24.1 Å². The van der Waals surface area contributed by atoms with Crippen LogP contribution in [0, 0.1) is 11.3 Å². The highest BCUT2D eigenvalue weighted by Gasteiger charge is 2.28. The van der Waals surface area contributed by atoms with Crippen LogP contribution in [0.2, 0.25) is 5.02 Å². The molecule has 26 heavy (non-hydrogen) atoms. The van der Waals surface area contributed by atoms with Gasteiger partial charge in [-0.25, -0.2) is 0 Å². The van der Waals surface area contributed by atoms with Gasteiger partial charge in [-0.15, -0.1) is 0 Å². The highest BCUT2D eigenvalue weighted by molar-refractivity contribution is 6.31. The molecular formula is C18H17ClN2O5. The van der Waals surface area contributed by atoms with Gasteiger partial charge in [0.05, 0.1) is 29.5 Å². The van der Waals surface area contributed by atoms with Crippen molar-refractivity contribution < 1.29 is 24.1 Å². The van der Waals surface area contributed by atoms with Gasteiger partial charge in [-0.3, -0.25) is 4.98 Å². The molecule has 2 heterocycles. The summed E-state index contributed by atoms with van der Waals surface area (Å²) in [6.45, 7) is 0.902. The third-order valence-corrected chi connectivity index (χ3v) is 4.17. The molecule has 0 amide bonds. The zero-order valence-corrected chi connectivity index (χ0v) is 14.8. The van der Waals surface area contributed by atoms with Crippen molar-refractivity contribution in [2.75, 3.05) is 27.1 Å². The molecule has 1 N–H and O–H groups in total. The van der Waals surface area contributed by atoms with Gasteiger partial charge in [0.1, 0.15) is 17.9 Å². The van der Waals surface area contributed by atoms with Crippen LogP contribution in [-0.2, 0) is 14.2 Å². The van der Waals surface area contributed by atoms with Gasteiger partial charge in [0, 0.05) is 30.5 Å². The van der Waals surface area contributed by atoms with Gasteiger partial charge in [0.15, 0.2) is 13.1 Å². The number of aliphatic hydroxyl groups excluding tert-OH is 1. The first-order valence-electron chi connectivity index (χ1n) is 7.87. The minimum absolute atomic E-state index is 0.0358. The SMILES string of the molecule is COCOc1cc(Cl)c(C#N)cc1C(O)c1ncccc1C1OCCO1. The first kappa shape index (κ1) is 18.6. The van der Waals surface area contributed by atoms with E-state index in [-0.39, 0.29) is 17.4 Å². The molecule has 1 fully saturated rings. The molecule has 1 aromatic heterocycles. The molecule has 1 aliphatic rings. The number of pyridine rings is 1. The minimum Gasteiger partial charge on any atom is -0.467 e. The predicted octanol–water partition coefficient (Wildman–Crippen LogP) is 2.72. The number of hydrogen-bond acceptors (Lipinski definition) is 7. The van der Waals surface area contributed by atoms with Gasteiger partial charge in [0.2, 0.25) is 0 Å². The van der Waals surface area contributed by atoms with E-state index in [2.05, 4.69) is 4.98 Å². The lowest BCUT2D eigenvalue weighted by Crippen LogP contribution is -2.12. The van der Waals surface area contributed by atoms with Gasteiger partial charge in [-0.05, 0) is 12.1 Å². The molecule has 2 aromatic rings. The molecule has 136 valence electrons. The molecule has 1 saturated heterocycles. The van der Waals surface area contributed by atoms with E-state index in [9.17, 15) is 10.4 Å². The molecule has 0 spiro atoms. The second-order valence-corrected chi connectivity index (χ2v) is 5.89. The fourth-order valence-corrected chi connectivity index (χ4v) is 2.86. The quantitative estimate of drug-likeness (QED) is 0.774. The summed E-state index contributed by atoms with van der Waals surface area (Å²) in [5.74, 6) is 0.299. The molecule has 0 bridgehead atoms. The maximum atomic E-state index is 11.0. The average Bonchev–Trinajstić information content (AvgIpc) is 3.20. The van der Waals surface area contributed by atoms with E-state index < -0.39 is 12.4 Å².